The predicted octanol–water partition coefficient (Wildman–Crippen LogP) is 6.60. The lowest BCUT2D eigenvalue weighted by atomic mass is 9.93. The van der Waals surface area contributed by atoms with Crippen molar-refractivity contribution < 1.29 is 18.0 Å². The Morgan fingerprint density at radius 1 is 0.919 bits per heavy atom. The molecule has 2 aromatic heterocycles. The smallest absolute Gasteiger partial charge is 0.225 e. The summed E-state index contributed by atoms with van der Waals surface area (Å²) in [5, 5.41) is 3.64. The quantitative estimate of drug-likeness (QED) is 0.265. The molecule has 0 unspecified atom stereocenters. The molecule has 0 fully saturated rings. The number of hydrogen-bond acceptors (Lipinski definition) is 2. The average molecular weight is 500 g/mol. The van der Waals surface area contributed by atoms with Crippen LogP contribution in [0.15, 0.2) is 85.2 Å². The van der Waals surface area contributed by atoms with Crippen LogP contribution in [-0.4, -0.2) is 15.9 Å². The lowest BCUT2D eigenvalue weighted by Crippen LogP contribution is -2.32. The van der Waals surface area contributed by atoms with E-state index in [0.717, 1.165) is 28.3 Å². The van der Waals surface area contributed by atoms with Crippen molar-refractivity contribution in [2.24, 2.45) is 0 Å². The van der Waals surface area contributed by atoms with Crippen LogP contribution in [0.4, 0.5) is 13.2 Å². The SMILES string of the molecule is Cc1ccccc1-c1cccnc1[C@H](Cc1cc(F)cc(F)c1)NC(=O)Cc1c[nH]c2ccc(F)cc12. The first-order valence-corrected chi connectivity index (χ1v) is 11.9. The van der Waals surface area contributed by atoms with E-state index in [4.69, 9.17) is 0 Å². The largest absolute Gasteiger partial charge is 0.361 e. The first-order valence-electron chi connectivity index (χ1n) is 11.9. The van der Waals surface area contributed by atoms with Crippen LogP contribution in [0.25, 0.3) is 22.0 Å². The van der Waals surface area contributed by atoms with E-state index in [1.54, 1.807) is 18.5 Å². The highest BCUT2D eigenvalue weighted by Crippen LogP contribution is 2.31. The zero-order valence-corrected chi connectivity index (χ0v) is 20.1. The Labute approximate surface area is 212 Å². The molecule has 7 heteroatoms. The van der Waals surface area contributed by atoms with E-state index in [-0.39, 0.29) is 18.7 Å². The Hall–Kier alpha value is -4.39. The van der Waals surface area contributed by atoms with Crippen molar-refractivity contribution in [2.45, 2.75) is 25.8 Å². The van der Waals surface area contributed by atoms with Gasteiger partial charge in [0.1, 0.15) is 17.5 Å². The number of nitrogens with one attached hydrogen (secondary N) is 2. The van der Waals surface area contributed by atoms with Gasteiger partial charge in [0.15, 0.2) is 0 Å². The number of nitrogens with zero attached hydrogens (tertiary/aromatic N) is 1. The number of pyridine rings is 1. The van der Waals surface area contributed by atoms with Crippen molar-refractivity contribution in [1.82, 2.24) is 15.3 Å². The molecule has 0 aliphatic heterocycles. The van der Waals surface area contributed by atoms with Crippen molar-refractivity contribution in [3.8, 4) is 11.1 Å². The van der Waals surface area contributed by atoms with Gasteiger partial charge in [-0.25, -0.2) is 13.2 Å². The van der Waals surface area contributed by atoms with Gasteiger partial charge in [-0.05, 0) is 72.0 Å². The minimum atomic E-state index is -0.693. The molecule has 3 aromatic carbocycles. The van der Waals surface area contributed by atoms with Gasteiger partial charge in [0, 0.05) is 34.9 Å². The Morgan fingerprint density at radius 2 is 1.68 bits per heavy atom. The summed E-state index contributed by atoms with van der Waals surface area (Å²) in [4.78, 5) is 20.9. The van der Waals surface area contributed by atoms with Crippen LogP contribution in [0.2, 0.25) is 0 Å². The third-order valence-electron chi connectivity index (χ3n) is 6.38. The Bertz CT molecular complexity index is 1570. The fourth-order valence-electron chi connectivity index (χ4n) is 4.69. The maximum Gasteiger partial charge on any atom is 0.225 e. The highest BCUT2D eigenvalue weighted by Gasteiger charge is 2.22. The molecule has 37 heavy (non-hydrogen) atoms. The highest BCUT2D eigenvalue weighted by atomic mass is 19.1. The van der Waals surface area contributed by atoms with Gasteiger partial charge in [-0.15, -0.1) is 0 Å². The molecule has 0 saturated carbocycles. The van der Waals surface area contributed by atoms with Gasteiger partial charge in [0.25, 0.3) is 0 Å². The molecule has 0 bridgehead atoms. The van der Waals surface area contributed by atoms with Gasteiger partial charge in [0.2, 0.25) is 5.91 Å². The first kappa shape index (κ1) is 24.3. The number of H-pyrrole nitrogens is 1. The molecule has 0 spiro atoms. The number of benzene rings is 3. The van der Waals surface area contributed by atoms with Crippen LogP contribution in [0.1, 0.15) is 28.4 Å². The maximum absolute atomic E-state index is 14.0. The summed E-state index contributed by atoms with van der Waals surface area (Å²) >= 11 is 0. The minimum Gasteiger partial charge on any atom is -0.361 e. The molecule has 5 rings (SSSR count). The Kier molecular flexibility index (Phi) is 6.77. The molecule has 0 aliphatic rings. The van der Waals surface area contributed by atoms with Gasteiger partial charge in [-0.1, -0.05) is 30.3 Å². The van der Waals surface area contributed by atoms with Gasteiger partial charge in [-0.3, -0.25) is 9.78 Å². The van der Waals surface area contributed by atoms with Gasteiger partial charge in [0.05, 0.1) is 18.2 Å². The van der Waals surface area contributed by atoms with Crippen LogP contribution in [0.3, 0.4) is 0 Å². The van der Waals surface area contributed by atoms with Gasteiger partial charge >= 0.3 is 0 Å². The van der Waals surface area contributed by atoms with E-state index < -0.39 is 23.5 Å². The molecular weight excluding hydrogens is 475 g/mol. The second-order valence-electron chi connectivity index (χ2n) is 9.03. The first-order chi connectivity index (χ1) is 17.9. The number of carbonyl (C=O) groups excluding carboxylic acids is 1. The Balaban J connectivity index is 1.51. The van der Waals surface area contributed by atoms with E-state index in [9.17, 15) is 18.0 Å². The monoisotopic (exact) mass is 499 g/mol. The van der Waals surface area contributed by atoms with E-state index in [1.165, 1.54) is 24.3 Å². The van der Waals surface area contributed by atoms with Crippen molar-refractivity contribution in [3.63, 3.8) is 0 Å². The fourth-order valence-corrected chi connectivity index (χ4v) is 4.69. The molecule has 2 N–H and O–H groups in total. The highest BCUT2D eigenvalue weighted by molar-refractivity contribution is 5.89. The summed E-state index contributed by atoms with van der Waals surface area (Å²) in [7, 11) is 0. The second kappa shape index (κ2) is 10.3. The zero-order valence-electron chi connectivity index (χ0n) is 20.1. The summed E-state index contributed by atoms with van der Waals surface area (Å²) in [6.07, 6.45) is 3.42. The maximum atomic E-state index is 14.0. The van der Waals surface area contributed by atoms with Crippen LogP contribution in [0, 0.1) is 24.4 Å². The fraction of sp³-hybridized carbons (Fsp3) is 0.133. The number of carbonyl (C=O) groups is 1. The molecular formula is C30H24F3N3O. The predicted molar refractivity (Wildman–Crippen MR) is 137 cm³/mol. The van der Waals surface area contributed by atoms with Crippen LogP contribution in [-0.2, 0) is 17.6 Å². The van der Waals surface area contributed by atoms with Crippen LogP contribution >= 0.6 is 0 Å². The minimum absolute atomic E-state index is 0.00992. The summed E-state index contributed by atoms with van der Waals surface area (Å²) in [6.45, 7) is 1.98. The van der Waals surface area contributed by atoms with Gasteiger partial charge < -0.3 is 10.3 Å². The number of aryl methyl sites for hydroxylation is 1. The number of aromatic nitrogens is 2. The number of halogens is 3. The van der Waals surface area contributed by atoms with Crippen LogP contribution < -0.4 is 5.32 Å². The molecule has 5 aromatic rings. The molecule has 186 valence electrons. The van der Waals surface area contributed by atoms with Crippen molar-refractivity contribution in [3.05, 3.63) is 125 Å². The summed E-state index contributed by atoms with van der Waals surface area (Å²) in [5.41, 5.74) is 5.13. The van der Waals surface area contributed by atoms with Crippen molar-refractivity contribution >= 4 is 16.8 Å². The summed E-state index contributed by atoms with van der Waals surface area (Å²) in [5.74, 6) is -2.10. The summed E-state index contributed by atoms with van der Waals surface area (Å²) < 4.78 is 41.8. The number of amides is 1. The molecule has 0 aliphatic carbocycles. The summed E-state index contributed by atoms with van der Waals surface area (Å²) in [6, 6.07) is 18.5. The van der Waals surface area contributed by atoms with E-state index in [2.05, 4.69) is 15.3 Å². The van der Waals surface area contributed by atoms with Crippen molar-refractivity contribution in [2.75, 3.05) is 0 Å². The van der Waals surface area contributed by atoms with E-state index in [1.807, 2.05) is 43.3 Å². The third kappa shape index (κ3) is 5.40. The molecule has 1 amide bonds. The molecule has 0 radical (unpaired) electrons. The molecule has 1 atom stereocenters. The standard InChI is InChI=1S/C30H24F3N3O/c1-18-5-2-3-6-24(18)25-7-4-10-34-30(25)28(13-19-11-22(32)15-23(33)12-19)36-29(37)14-20-17-35-27-9-8-21(31)16-26(20)27/h2-12,15-17,28,35H,13-14H2,1H3,(H,36,37)/t28-/m0/s1. The average Bonchev–Trinajstić information content (AvgIpc) is 3.25. The normalized spacial score (nSPS) is 12.0. The van der Waals surface area contributed by atoms with Crippen LogP contribution in [0.5, 0.6) is 0 Å². The van der Waals surface area contributed by atoms with E-state index in [0.29, 0.717) is 22.2 Å². The lowest BCUT2D eigenvalue weighted by Gasteiger charge is -2.22. The molecule has 4 nitrogen and oxygen atoms in total. The number of hydrogen-bond donors (Lipinski definition) is 2. The van der Waals surface area contributed by atoms with Crippen molar-refractivity contribution in [1.29, 1.82) is 0 Å². The van der Waals surface area contributed by atoms with Gasteiger partial charge in [-0.2, -0.15) is 0 Å². The number of fused-ring (bicyclic) bond motifs is 1. The number of rotatable bonds is 7. The number of aromatic amines is 1. The zero-order chi connectivity index (χ0) is 25.9. The van der Waals surface area contributed by atoms with E-state index >= 15 is 0 Å². The third-order valence-corrected chi connectivity index (χ3v) is 6.38. The topological polar surface area (TPSA) is 57.8 Å². The molecule has 0 saturated heterocycles. The second-order valence-corrected chi connectivity index (χ2v) is 9.03. The molecule has 2 heterocycles. The lowest BCUT2D eigenvalue weighted by molar-refractivity contribution is -0.121. The Morgan fingerprint density at radius 3 is 2.46 bits per heavy atom.